The molecule has 1 aliphatic heterocycles. The summed E-state index contributed by atoms with van der Waals surface area (Å²) in [5, 5.41) is 12.1. The highest BCUT2D eigenvalue weighted by Gasteiger charge is 2.33. The molecule has 1 aromatic heterocycles. The van der Waals surface area contributed by atoms with E-state index >= 15 is 0 Å². The van der Waals surface area contributed by atoms with E-state index in [0.717, 1.165) is 58.6 Å². The van der Waals surface area contributed by atoms with Crippen molar-refractivity contribution in [2.45, 2.75) is 48.3 Å². The molecule has 0 bridgehead atoms. The molecular formula is C35H36Cl3N3O4. The van der Waals surface area contributed by atoms with Gasteiger partial charge in [-0.3, -0.25) is 9.78 Å². The van der Waals surface area contributed by atoms with Crippen LogP contribution in [0.5, 0.6) is 0 Å². The van der Waals surface area contributed by atoms with E-state index < -0.39 is 16.0 Å². The van der Waals surface area contributed by atoms with E-state index in [2.05, 4.69) is 22.2 Å². The van der Waals surface area contributed by atoms with Gasteiger partial charge in [0.1, 0.15) is 0 Å². The highest BCUT2D eigenvalue weighted by atomic mass is 35.6. The average molecular weight is 669 g/mol. The Bertz CT molecular complexity index is 1530. The fraction of sp³-hybridized carbons (Fsp3) is 0.314. The highest BCUT2D eigenvalue weighted by molar-refractivity contribution is 6.76. The van der Waals surface area contributed by atoms with Gasteiger partial charge in [0.2, 0.25) is 0 Å². The smallest absolute Gasteiger partial charge is 0.272 e. The fourth-order valence-electron chi connectivity index (χ4n) is 5.30. The van der Waals surface area contributed by atoms with Crippen molar-refractivity contribution < 1.29 is 19.4 Å². The van der Waals surface area contributed by atoms with Gasteiger partial charge in [-0.05, 0) is 53.1 Å². The molecule has 3 atom stereocenters. The number of aromatic nitrogens is 1. The maximum Gasteiger partial charge on any atom is 0.272 e. The molecule has 0 aliphatic carbocycles. The predicted octanol–water partition coefficient (Wildman–Crippen LogP) is 6.95. The number of aliphatic hydroxyl groups is 1. The molecule has 5 rings (SSSR count). The predicted molar refractivity (Wildman–Crippen MR) is 178 cm³/mol. The lowest BCUT2D eigenvalue weighted by molar-refractivity contribution is -0.252. The van der Waals surface area contributed by atoms with Crippen molar-refractivity contribution in [3.05, 3.63) is 125 Å². The number of carbonyl (C=O) groups is 1. The van der Waals surface area contributed by atoms with Crippen molar-refractivity contribution in [3.8, 4) is 11.1 Å². The summed E-state index contributed by atoms with van der Waals surface area (Å²) in [6.45, 7) is 1.85. The Morgan fingerprint density at radius 1 is 0.933 bits per heavy atom. The van der Waals surface area contributed by atoms with Crippen LogP contribution in [0.3, 0.4) is 0 Å². The second-order valence-electron chi connectivity index (χ2n) is 11.2. The number of carbonyl (C=O) groups excluding carboxylic acids is 1. The number of nitrogens with zero attached hydrogens (tertiary/aromatic N) is 2. The van der Waals surface area contributed by atoms with Crippen molar-refractivity contribution in [1.82, 2.24) is 15.2 Å². The van der Waals surface area contributed by atoms with Crippen molar-refractivity contribution >= 4 is 40.7 Å². The lowest BCUT2D eigenvalue weighted by Crippen LogP contribution is -2.38. The van der Waals surface area contributed by atoms with Gasteiger partial charge < -0.3 is 24.8 Å². The van der Waals surface area contributed by atoms with Crippen LogP contribution in [-0.4, -0.2) is 50.9 Å². The zero-order valence-electron chi connectivity index (χ0n) is 24.9. The summed E-state index contributed by atoms with van der Waals surface area (Å²) in [7, 11) is 2.10. The zero-order chi connectivity index (χ0) is 31.8. The van der Waals surface area contributed by atoms with Crippen LogP contribution in [0, 0.1) is 0 Å². The number of hydrogen-bond donors (Lipinski definition) is 2. The minimum absolute atomic E-state index is 0.0000811. The van der Waals surface area contributed by atoms with Gasteiger partial charge in [0.25, 0.3) is 9.70 Å². The maximum atomic E-state index is 12.0. The van der Waals surface area contributed by atoms with E-state index in [4.69, 9.17) is 44.3 Å². The number of nitrogens with one attached hydrogen (secondary N) is 1. The first kappa shape index (κ1) is 33.4. The van der Waals surface area contributed by atoms with Gasteiger partial charge in [-0.25, -0.2) is 0 Å². The molecule has 0 unspecified atom stereocenters. The summed E-state index contributed by atoms with van der Waals surface area (Å²) in [6.07, 6.45) is 2.63. The molecule has 1 aliphatic rings. The summed E-state index contributed by atoms with van der Waals surface area (Å²) >= 11 is 17.0. The quantitative estimate of drug-likeness (QED) is 0.169. The first-order valence-electron chi connectivity index (χ1n) is 14.8. The molecule has 4 aromatic rings. The summed E-state index contributed by atoms with van der Waals surface area (Å²) in [4.78, 5) is 18.7. The average Bonchev–Trinajstić information content (AvgIpc) is 3.06. The Labute approximate surface area is 279 Å². The Hall–Kier alpha value is -3.01. The molecule has 1 saturated heterocycles. The number of pyridine rings is 1. The topological polar surface area (TPSA) is 83.9 Å². The molecule has 45 heavy (non-hydrogen) atoms. The van der Waals surface area contributed by atoms with E-state index in [0.29, 0.717) is 6.42 Å². The molecule has 10 heteroatoms. The van der Waals surface area contributed by atoms with Gasteiger partial charge >= 0.3 is 0 Å². The van der Waals surface area contributed by atoms with E-state index in [9.17, 15) is 9.90 Å². The first-order chi connectivity index (χ1) is 21.7. The lowest BCUT2D eigenvalue weighted by atomic mass is 9.99. The Morgan fingerprint density at radius 2 is 1.69 bits per heavy atom. The number of amides is 1. The molecule has 1 amide bonds. The number of ether oxygens (including phenoxy) is 2. The van der Waals surface area contributed by atoms with E-state index in [1.54, 1.807) is 0 Å². The van der Waals surface area contributed by atoms with Crippen LogP contribution < -0.4 is 5.32 Å². The molecule has 0 radical (unpaired) electrons. The first-order valence-corrected chi connectivity index (χ1v) is 15.9. The van der Waals surface area contributed by atoms with Gasteiger partial charge in [0.15, 0.2) is 6.29 Å². The molecule has 3 aromatic carbocycles. The van der Waals surface area contributed by atoms with Crippen LogP contribution in [0.25, 0.3) is 11.1 Å². The van der Waals surface area contributed by atoms with Crippen LogP contribution in [0.2, 0.25) is 0 Å². The van der Waals surface area contributed by atoms with E-state index in [-0.39, 0.29) is 25.4 Å². The maximum absolute atomic E-state index is 12.0. The number of likely N-dealkylation sites (N-methyl/N-ethyl adjacent to an activating group) is 1. The molecule has 2 N–H and O–H groups in total. The van der Waals surface area contributed by atoms with Crippen molar-refractivity contribution in [2.24, 2.45) is 0 Å². The minimum Gasteiger partial charge on any atom is -0.392 e. The second kappa shape index (κ2) is 15.5. The Balaban J connectivity index is 1.29. The summed E-state index contributed by atoms with van der Waals surface area (Å²) in [5.41, 5.74) is 6.77. The third kappa shape index (κ3) is 9.50. The number of alkyl halides is 3. The van der Waals surface area contributed by atoms with Crippen molar-refractivity contribution in [2.75, 3.05) is 20.1 Å². The van der Waals surface area contributed by atoms with Crippen LogP contribution >= 0.6 is 34.8 Å². The summed E-state index contributed by atoms with van der Waals surface area (Å²) in [6, 6.07) is 29.8. The molecule has 7 nitrogen and oxygen atoms in total. The van der Waals surface area contributed by atoms with Gasteiger partial charge in [0.05, 0.1) is 18.8 Å². The fourth-order valence-corrected chi connectivity index (χ4v) is 5.50. The van der Waals surface area contributed by atoms with Crippen molar-refractivity contribution in [3.63, 3.8) is 0 Å². The third-order valence-electron chi connectivity index (χ3n) is 7.76. The van der Waals surface area contributed by atoms with Crippen LogP contribution in [0.4, 0.5) is 0 Å². The molecule has 1 fully saturated rings. The molecular weight excluding hydrogens is 633 g/mol. The Morgan fingerprint density at radius 3 is 2.38 bits per heavy atom. The number of benzene rings is 3. The third-order valence-corrected chi connectivity index (χ3v) is 8.27. The standard InChI is InChI=1S/C35H36Cl3N3O4/c1-41(18-16-30-7-2-3-17-39-30)22-31-20-32(27-10-8-24(23-42)9-11-27)45-33(44-31)28-14-12-26(13-15-28)29-6-4-5-25(19-29)21-40-34(43)35(36,37)38/h2-15,17,19,31-33,42H,16,18,20-23H2,1H3,(H,40,43)/t31-,32+,33+/m0/s1. The monoisotopic (exact) mass is 667 g/mol. The summed E-state index contributed by atoms with van der Waals surface area (Å²) < 4.78 is 11.1. The summed E-state index contributed by atoms with van der Waals surface area (Å²) in [5.74, 6) is -0.671. The zero-order valence-corrected chi connectivity index (χ0v) is 27.2. The highest BCUT2D eigenvalue weighted by Crippen LogP contribution is 2.38. The number of hydrogen-bond acceptors (Lipinski definition) is 6. The van der Waals surface area contributed by atoms with Gasteiger partial charge in [-0.2, -0.15) is 0 Å². The Kier molecular flexibility index (Phi) is 11.5. The van der Waals surface area contributed by atoms with Gasteiger partial charge in [-0.1, -0.05) is 108 Å². The largest absolute Gasteiger partial charge is 0.392 e. The molecule has 0 saturated carbocycles. The molecule has 2 heterocycles. The number of halogens is 3. The molecule has 236 valence electrons. The lowest BCUT2D eigenvalue weighted by Gasteiger charge is -2.38. The normalized spacial score (nSPS) is 18.6. The number of rotatable bonds is 11. The van der Waals surface area contributed by atoms with E-state index in [1.165, 1.54) is 0 Å². The van der Waals surface area contributed by atoms with Crippen molar-refractivity contribution in [1.29, 1.82) is 0 Å². The second-order valence-corrected chi connectivity index (χ2v) is 13.5. The van der Waals surface area contributed by atoms with E-state index in [1.807, 2.05) is 97.2 Å². The van der Waals surface area contributed by atoms with Crippen LogP contribution in [0.1, 0.15) is 46.8 Å². The number of aliphatic hydroxyl groups excluding tert-OH is 1. The molecule has 0 spiro atoms. The van der Waals surface area contributed by atoms with Crippen LogP contribution in [-0.2, 0) is 33.8 Å². The SMILES string of the molecule is CN(CCc1ccccn1)C[C@@H]1C[C@H](c2ccc(CO)cc2)O[C@H](c2ccc(-c3cccc(CNC(=O)C(Cl)(Cl)Cl)c3)cc2)O1. The minimum atomic E-state index is -2.01. The van der Waals surface area contributed by atoms with Gasteiger partial charge in [-0.15, -0.1) is 0 Å². The van der Waals surface area contributed by atoms with Crippen LogP contribution in [0.15, 0.2) is 97.2 Å². The van der Waals surface area contributed by atoms with Gasteiger partial charge in [0, 0.05) is 49.9 Å².